The van der Waals surface area contributed by atoms with Gasteiger partial charge in [-0.05, 0) is 20.8 Å². The van der Waals surface area contributed by atoms with Crippen molar-refractivity contribution in [3.05, 3.63) is 21.9 Å². The lowest BCUT2D eigenvalue weighted by Crippen LogP contribution is -2.26. The molecule has 0 atom stereocenters. The number of hydrogen-bond acceptors (Lipinski definition) is 6. The molecule has 6 nitrogen and oxygen atoms in total. The maximum atomic E-state index is 11.8. The van der Waals surface area contributed by atoms with Crippen LogP contribution in [-0.2, 0) is 6.54 Å². The van der Waals surface area contributed by atoms with Crippen LogP contribution in [0.5, 0.6) is 0 Å². The van der Waals surface area contributed by atoms with E-state index in [0.717, 1.165) is 28.3 Å². The largest absolute Gasteiger partial charge is 0.350 e. The normalized spacial score (nSPS) is 10.8. The minimum absolute atomic E-state index is 0.122. The first-order chi connectivity index (χ1) is 9.61. The maximum Gasteiger partial charge on any atom is 0.270 e. The number of carbonyl (C=O) groups is 1. The second-order valence-corrected chi connectivity index (χ2v) is 6.25. The summed E-state index contributed by atoms with van der Waals surface area (Å²) < 4.78 is 2.05. The zero-order valence-electron chi connectivity index (χ0n) is 11.7. The number of aromatic nitrogens is 4. The molecule has 2 aromatic heterocycles. The van der Waals surface area contributed by atoms with Gasteiger partial charge in [0, 0.05) is 24.2 Å². The number of thiazole rings is 1. The lowest BCUT2D eigenvalue weighted by molar-refractivity contribution is 0.0952. The van der Waals surface area contributed by atoms with Gasteiger partial charge in [0.15, 0.2) is 5.16 Å². The molecule has 2 rings (SSSR count). The van der Waals surface area contributed by atoms with Crippen molar-refractivity contribution in [2.24, 2.45) is 0 Å². The Bertz CT molecular complexity index is 592. The van der Waals surface area contributed by atoms with Crippen molar-refractivity contribution >= 4 is 29.0 Å². The van der Waals surface area contributed by atoms with Crippen LogP contribution in [0.4, 0.5) is 0 Å². The summed E-state index contributed by atoms with van der Waals surface area (Å²) in [6.45, 7) is 7.32. The monoisotopic (exact) mass is 311 g/mol. The summed E-state index contributed by atoms with van der Waals surface area (Å²) in [6, 6.07) is 0. The molecule has 8 heteroatoms. The van der Waals surface area contributed by atoms with E-state index < -0.39 is 0 Å². The molecule has 0 fully saturated rings. The third kappa shape index (κ3) is 3.57. The van der Waals surface area contributed by atoms with Gasteiger partial charge >= 0.3 is 0 Å². The minimum Gasteiger partial charge on any atom is -0.350 e. The molecule has 0 saturated carbocycles. The Morgan fingerprint density at radius 1 is 1.45 bits per heavy atom. The predicted molar refractivity (Wildman–Crippen MR) is 80.3 cm³/mol. The van der Waals surface area contributed by atoms with E-state index in [-0.39, 0.29) is 5.91 Å². The molecule has 0 unspecified atom stereocenters. The zero-order valence-corrected chi connectivity index (χ0v) is 13.3. The highest BCUT2D eigenvalue weighted by Gasteiger charge is 2.10. The molecule has 0 aromatic carbocycles. The highest BCUT2D eigenvalue weighted by atomic mass is 32.2. The van der Waals surface area contributed by atoms with Gasteiger partial charge in [-0.3, -0.25) is 4.79 Å². The van der Waals surface area contributed by atoms with E-state index in [2.05, 4.69) is 32.0 Å². The molecule has 2 aromatic rings. The Morgan fingerprint density at radius 3 is 2.90 bits per heavy atom. The van der Waals surface area contributed by atoms with Crippen LogP contribution in [-0.4, -0.2) is 38.0 Å². The molecular formula is C12H17N5OS2. The lowest BCUT2D eigenvalue weighted by Gasteiger charge is -2.05. The average molecular weight is 311 g/mol. The number of amides is 1. The number of thioether (sulfide) groups is 1. The van der Waals surface area contributed by atoms with Crippen molar-refractivity contribution in [1.29, 1.82) is 0 Å². The number of nitrogens with zero attached hydrogens (tertiary/aromatic N) is 4. The Hall–Kier alpha value is -1.41. The molecule has 1 N–H and O–H groups in total. The molecule has 0 aliphatic rings. The van der Waals surface area contributed by atoms with E-state index in [1.807, 2.05) is 13.8 Å². The van der Waals surface area contributed by atoms with Crippen LogP contribution in [0.2, 0.25) is 0 Å². The SMILES string of the molecule is CCn1c(C)nnc1SCCNC(=O)c1csc(C)n1. The smallest absolute Gasteiger partial charge is 0.270 e. The second-order valence-electron chi connectivity index (χ2n) is 4.13. The van der Waals surface area contributed by atoms with Crippen molar-refractivity contribution in [2.45, 2.75) is 32.5 Å². The summed E-state index contributed by atoms with van der Waals surface area (Å²) >= 11 is 3.07. The van der Waals surface area contributed by atoms with Crippen molar-refractivity contribution in [3.8, 4) is 0 Å². The fraction of sp³-hybridized carbons (Fsp3) is 0.500. The quantitative estimate of drug-likeness (QED) is 0.651. The first kappa shape index (κ1) is 15.0. The van der Waals surface area contributed by atoms with Gasteiger partial charge in [-0.15, -0.1) is 21.5 Å². The fourth-order valence-electron chi connectivity index (χ4n) is 1.70. The van der Waals surface area contributed by atoms with Gasteiger partial charge in [-0.1, -0.05) is 11.8 Å². The molecule has 20 heavy (non-hydrogen) atoms. The number of hydrogen-bond donors (Lipinski definition) is 1. The summed E-state index contributed by atoms with van der Waals surface area (Å²) in [6.07, 6.45) is 0. The molecule has 0 spiro atoms. The Kier molecular flexibility index (Phi) is 5.13. The first-order valence-electron chi connectivity index (χ1n) is 6.34. The Morgan fingerprint density at radius 2 is 2.25 bits per heavy atom. The van der Waals surface area contributed by atoms with E-state index in [0.29, 0.717) is 12.2 Å². The summed E-state index contributed by atoms with van der Waals surface area (Å²) in [5, 5.41) is 14.6. The van der Waals surface area contributed by atoms with Gasteiger partial charge in [0.05, 0.1) is 5.01 Å². The molecule has 0 bridgehead atoms. The Balaban J connectivity index is 1.78. The van der Waals surface area contributed by atoms with Crippen LogP contribution in [0.3, 0.4) is 0 Å². The molecule has 0 saturated heterocycles. The van der Waals surface area contributed by atoms with Gasteiger partial charge in [-0.2, -0.15) is 0 Å². The summed E-state index contributed by atoms with van der Waals surface area (Å²) in [5.74, 6) is 1.55. The van der Waals surface area contributed by atoms with Crippen LogP contribution in [0.25, 0.3) is 0 Å². The minimum atomic E-state index is -0.122. The number of carbonyl (C=O) groups excluding carboxylic acids is 1. The van der Waals surface area contributed by atoms with Gasteiger partial charge in [-0.25, -0.2) is 4.98 Å². The molecule has 108 valence electrons. The van der Waals surface area contributed by atoms with Gasteiger partial charge in [0.1, 0.15) is 11.5 Å². The van der Waals surface area contributed by atoms with Crippen LogP contribution < -0.4 is 5.32 Å². The number of nitrogens with one attached hydrogen (secondary N) is 1. The standard InChI is InChI=1S/C12H17N5OS2/c1-4-17-8(2)15-16-12(17)19-6-5-13-11(18)10-7-20-9(3)14-10/h7H,4-6H2,1-3H3,(H,13,18). The zero-order chi connectivity index (χ0) is 14.5. The highest BCUT2D eigenvalue weighted by Crippen LogP contribution is 2.15. The van der Waals surface area contributed by atoms with Gasteiger partial charge in [0.25, 0.3) is 5.91 Å². The number of aryl methyl sites for hydroxylation is 2. The van der Waals surface area contributed by atoms with E-state index in [1.165, 1.54) is 11.3 Å². The van der Waals surface area contributed by atoms with E-state index >= 15 is 0 Å². The van der Waals surface area contributed by atoms with E-state index in [4.69, 9.17) is 0 Å². The van der Waals surface area contributed by atoms with Crippen molar-refractivity contribution < 1.29 is 4.79 Å². The van der Waals surface area contributed by atoms with Crippen molar-refractivity contribution in [3.63, 3.8) is 0 Å². The van der Waals surface area contributed by atoms with Gasteiger partial charge in [0.2, 0.25) is 0 Å². The second kappa shape index (κ2) is 6.85. The van der Waals surface area contributed by atoms with Crippen LogP contribution in [0.15, 0.2) is 10.5 Å². The third-order valence-electron chi connectivity index (χ3n) is 2.69. The summed E-state index contributed by atoms with van der Waals surface area (Å²) in [4.78, 5) is 15.9. The molecule has 0 radical (unpaired) electrons. The topological polar surface area (TPSA) is 72.7 Å². The summed E-state index contributed by atoms with van der Waals surface area (Å²) in [7, 11) is 0. The Labute approximate surface area is 126 Å². The molecular weight excluding hydrogens is 294 g/mol. The molecule has 2 heterocycles. The van der Waals surface area contributed by atoms with Crippen LogP contribution >= 0.6 is 23.1 Å². The molecule has 0 aliphatic heterocycles. The first-order valence-corrected chi connectivity index (χ1v) is 8.21. The fourth-order valence-corrected chi connectivity index (χ4v) is 3.19. The molecule has 0 aliphatic carbocycles. The van der Waals surface area contributed by atoms with Gasteiger partial charge < -0.3 is 9.88 Å². The van der Waals surface area contributed by atoms with Crippen LogP contribution in [0.1, 0.15) is 28.2 Å². The molecule has 1 amide bonds. The van der Waals surface area contributed by atoms with E-state index in [9.17, 15) is 4.79 Å². The predicted octanol–water partition coefficient (Wildman–Crippen LogP) is 1.89. The third-order valence-corrected chi connectivity index (χ3v) is 4.43. The maximum absolute atomic E-state index is 11.8. The highest BCUT2D eigenvalue weighted by molar-refractivity contribution is 7.99. The van der Waals surface area contributed by atoms with Crippen molar-refractivity contribution in [1.82, 2.24) is 25.1 Å². The number of rotatable bonds is 6. The van der Waals surface area contributed by atoms with E-state index in [1.54, 1.807) is 17.1 Å². The average Bonchev–Trinajstić information content (AvgIpc) is 3.01. The van der Waals surface area contributed by atoms with Crippen LogP contribution in [0, 0.1) is 13.8 Å². The lowest BCUT2D eigenvalue weighted by atomic mass is 10.4. The van der Waals surface area contributed by atoms with Crippen molar-refractivity contribution in [2.75, 3.05) is 12.3 Å². The summed E-state index contributed by atoms with van der Waals surface area (Å²) in [5.41, 5.74) is 0.491.